The van der Waals surface area contributed by atoms with Crippen molar-refractivity contribution in [1.82, 2.24) is 9.97 Å². The van der Waals surface area contributed by atoms with E-state index in [0.717, 1.165) is 22.6 Å². The van der Waals surface area contributed by atoms with Crippen molar-refractivity contribution in [2.45, 2.75) is 13.5 Å². The molecule has 1 aromatic carbocycles. The summed E-state index contributed by atoms with van der Waals surface area (Å²) in [5, 5.41) is 0. The lowest BCUT2D eigenvalue weighted by molar-refractivity contribution is 0.0984. The molecule has 3 rings (SSSR count). The second kappa shape index (κ2) is 7.57. The van der Waals surface area contributed by atoms with E-state index in [0.29, 0.717) is 12.1 Å². The van der Waals surface area contributed by atoms with Crippen molar-refractivity contribution in [2.75, 3.05) is 12.0 Å². The molecule has 5 nitrogen and oxygen atoms in total. The molecule has 0 spiro atoms. The van der Waals surface area contributed by atoms with Gasteiger partial charge in [-0.25, -0.2) is 0 Å². The minimum atomic E-state index is -0.0989. The van der Waals surface area contributed by atoms with Gasteiger partial charge in [-0.2, -0.15) is 0 Å². The van der Waals surface area contributed by atoms with E-state index in [1.54, 1.807) is 36.8 Å². The van der Waals surface area contributed by atoms with Crippen LogP contribution in [0.4, 0.5) is 5.69 Å². The van der Waals surface area contributed by atoms with E-state index in [-0.39, 0.29) is 5.91 Å². The van der Waals surface area contributed by atoms with Crippen LogP contribution < -0.4 is 9.64 Å². The molecule has 5 heteroatoms. The van der Waals surface area contributed by atoms with Gasteiger partial charge in [0, 0.05) is 30.5 Å². The molecule has 0 atom stereocenters. The number of aryl methyl sites for hydroxylation is 1. The molecular formula is C20H19N3O2. The van der Waals surface area contributed by atoms with Crippen LogP contribution in [0.3, 0.4) is 0 Å². The Morgan fingerprint density at radius 2 is 1.76 bits per heavy atom. The van der Waals surface area contributed by atoms with Gasteiger partial charge in [0.1, 0.15) is 5.75 Å². The van der Waals surface area contributed by atoms with E-state index in [1.165, 1.54) is 0 Å². The highest BCUT2D eigenvalue weighted by atomic mass is 16.5. The van der Waals surface area contributed by atoms with Crippen LogP contribution in [0, 0.1) is 6.92 Å². The summed E-state index contributed by atoms with van der Waals surface area (Å²) in [5.41, 5.74) is 3.30. The second-order valence-electron chi connectivity index (χ2n) is 5.70. The number of pyridine rings is 2. The summed E-state index contributed by atoms with van der Waals surface area (Å²) in [6, 6.07) is 13.2. The summed E-state index contributed by atoms with van der Waals surface area (Å²) >= 11 is 0. The van der Waals surface area contributed by atoms with Gasteiger partial charge in [0.05, 0.1) is 19.2 Å². The van der Waals surface area contributed by atoms with E-state index in [2.05, 4.69) is 9.97 Å². The van der Waals surface area contributed by atoms with E-state index >= 15 is 0 Å². The van der Waals surface area contributed by atoms with Gasteiger partial charge >= 0.3 is 0 Å². The monoisotopic (exact) mass is 333 g/mol. The van der Waals surface area contributed by atoms with E-state index in [1.807, 2.05) is 49.4 Å². The first-order chi connectivity index (χ1) is 12.2. The molecule has 3 aromatic rings. The van der Waals surface area contributed by atoms with Crippen molar-refractivity contribution in [1.29, 1.82) is 0 Å². The fourth-order valence-electron chi connectivity index (χ4n) is 2.55. The maximum atomic E-state index is 13.1. The van der Waals surface area contributed by atoms with Gasteiger partial charge in [0.2, 0.25) is 0 Å². The average Bonchev–Trinajstić information content (AvgIpc) is 2.67. The summed E-state index contributed by atoms with van der Waals surface area (Å²) in [5.74, 6) is 0.687. The number of carbonyl (C=O) groups is 1. The molecule has 0 radical (unpaired) electrons. The lowest BCUT2D eigenvalue weighted by atomic mass is 10.1. The molecule has 126 valence electrons. The van der Waals surface area contributed by atoms with Crippen LogP contribution in [0.15, 0.2) is 67.3 Å². The number of ether oxygens (including phenoxy) is 1. The lowest BCUT2D eigenvalue weighted by Crippen LogP contribution is -2.30. The highest BCUT2D eigenvalue weighted by Gasteiger charge is 2.18. The van der Waals surface area contributed by atoms with Crippen molar-refractivity contribution >= 4 is 11.6 Å². The van der Waals surface area contributed by atoms with E-state index in [4.69, 9.17) is 4.74 Å². The van der Waals surface area contributed by atoms with Crippen molar-refractivity contribution in [3.8, 4) is 5.75 Å². The highest BCUT2D eigenvalue weighted by molar-refractivity contribution is 6.05. The molecule has 0 fully saturated rings. The summed E-state index contributed by atoms with van der Waals surface area (Å²) in [6.07, 6.45) is 6.69. The molecule has 1 amide bonds. The number of hydrogen-bond acceptors (Lipinski definition) is 4. The van der Waals surface area contributed by atoms with E-state index < -0.39 is 0 Å². The zero-order valence-electron chi connectivity index (χ0n) is 14.2. The number of hydrogen-bond donors (Lipinski definition) is 0. The minimum Gasteiger partial charge on any atom is -0.497 e. The topological polar surface area (TPSA) is 55.3 Å². The largest absolute Gasteiger partial charge is 0.497 e. The predicted octanol–water partition coefficient (Wildman–Crippen LogP) is 3.64. The molecule has 0 aliphatic rings. The Morgan fingerprint density at radius 3 is 2.40 bits per heavy atom. The number of carbonyl (C=O) groups excluding carboxylic acids is 1. The molecule has 0 aliphatic heterocycles. The number of methoxy groups -OCH3 is 1. The SMILES string of the molecule is COc1ccc(CN(C(=O)c2cncc(C)c2)c2ccncc2)cc1. The maximum Gasteiger partial charge on any atom is 0.260 e. The highest BCUT2D eigenvalue weighted by Crippen LogP contribution is 2.21. The first-order valence-corrected chi connectivity index (χ1v) is 7.94. The van der Waals surface area contributed by atoms with Crippen LogP contribution >= 0.6 is 0 Å². The smallest absolute Gasteiger partial charge is 0.260 e. The standard InChI is InChI=1S/C20H19N3O2/c1-15-11-17(13-22-12-15)20(24)23(18-7-9-21-10-8-18)14-16-3-5-19(25-2)6-4-16/h3-13H,14H2,1-2H3. The van der Waals surface area contributed by atoms with Gasteiger partial charge < -0.3 is 9.64 Å². The van der Waals surface area contributed by atoms with Gasteiger partial charge in [-0.3, -0.25) is 14.8 Å². The first kappa shape index (κ1) is 16.6. The summed E-state index contributed by atoms with van der Waals surface area (Å²) in [7, 11) is 1.63. The molecule has 0 saturated heterocycles. The van der Waals surface area contributed by atoms with Gasteiger partial charge in [0.15, 0.2) is 0 Å². The van der Waals surface area contributed by atoms with Crippen LogP contribution in [0.5, 0.6) is 5.75 Å². The van der Waals surface area contributed by atoms with Crippen molar-refractivity contribution in [3.05, 3.63) is 83.9 Å². The van der Waals surface area contributed by atoms with Crippen LogP contribution in [0.1, 0.15) is 21.5 Å². The fraction of sp³-hybridized carbons (Fsp3) is 0.150. The quantitative estimate of drug-likeness (QED) is 0.715. The molecule has 0 N–H and O–H groups in total. The Hall–Kier alpha value is -3.21. The number of nitrogens with zero attached hydrogens (tertiary/aromatic N) is 3. The zero-order valence-corrected chi connectivity index (χ0v) is 14.2. The Kier molecular flexibility index (Phi) is 5.04. The third kappa shape index (κ3) is 4.01. The van der Waals surface area contributed by atoms with E-state index in [9.17, 15) is 4.79 Å². The van der Waals surface area contributed by atoms with Gasteiger partial charge in [-0.05, 0) is 48.4 Å². The number of anilines is 1. The van der Waals surface area contributed by atoms with Crippen molar-refractivity contribution < 1.29 is 9.53 Å². The average molecular weight is 333 g/mol. The molecule has 0 unspecified atom stereocenters. The van der Waals surface area contributed by atoms with Crippen molar-refractivity contribution in [3.63, 3.8) is 0 Å². The van der Waals surface area contributed by atoms with Crippen LogP contribution in [-0.4, -0.2) is 23.0 Å². The van der Waals surface area contributed by atoms with Crippen molar-refractivity contribution in [2.24, 2.45) is 0 Å². The molecular weight excluding hydrogens is 314 g/mol. The summed E-state index contributed by atoms with van der Waals surface area (Å²) < 4.78 is 5.19. The fourth-order valence-corrected chi connectivity index (χ4v) is 2.55. The second-order valence-corrected chi connectivity index (χ2v) is 5.70. The molecule has 0 bridgehead atoms. The molecule has 0 saturated carbocycles. The third-order valence-electron chi connectivity index (χ3n) is 3.84. The van der Waals surface area contributed by atoms with Crippen LogP contribution in [0.25, 0.3) is 0 Å². The Labute approximate surface area is 146 Å². The molecule has 0 aliphatic carbocycles. The number of rotatable bonds is 5. The van der Waals surface area contributed by atoms with Gasteiger partial charge in [-0.15, -0.1) is 0 Å². The Balaban J connectivity index is 1.93. The summed E-state index contributed by atoms with van der Waals surface area (Å²) in [6.45, 7) is 2.37. The molecule has 25 heavy (non-hydrogen) atoms. The van der Waals surface area contributed by atoms with Crippen LogP contribution in [0.2, 0.25) is 0 Å². The predicted molar refractivity (Wildman–Crippen MR) is 96.7 cm³/mol. The number of aromatic nitrogens is 2. The molecule has 2 heterocycles. The lowest BCUT2D eigenvalue weighted by Gasteiger charge is -2.23. The van der Waals surface area contributed by atoms with Gasteiger partial charge in [-0.1, -0.05) is 12.1 Å². The maximum absolute atomic E-state index is 13.1. The van der Waals surface area contributed by atoms with Gasteiger partial charge in [0.25, 0.3) is 5.91 Å². The Bertz CT molecular complexity index is 848. The third-order valence-corrected chi connectivity index (χ3v) is 3.84. The first-order valence-electron chi connectivity index (χ1n) is 7.94. The Morgan fingerprint density at radius 1 is 1.04 bits per heavy atom. The number of benzene rings is 1. The molecule has 2 aromatic heterocycles. The summed E-state index contributed by atoms with van der Waals surface area (Å²) in [4.78, 5) is 23.0. The minimum absolute atomic E-state index is 0.0989. The number of amides is 1. The normalized spacial score (nSPS) is 10.3. The zero-order chi connectivity index (χ0) is 17.6. The van der Waals surface area contributed by atoms with Crippen LogP contribution in [-0.2, 0) is 6.54 Å².